The highest BCUT2D eigenvalue weighted by molar-refractivity contribution is 7.89. The quantitative estimate of drug-likeness (QED) is 0.648. The van der Waals surface area contributed by atoms with Gasteiger partial charge in [0.25, 0.3) is 0 Å². The summed E-state index contributed by atoms with van der Waals surface area (Å²) in [6.07, 6.45) is 1.22. The predicted octanol–water partition coefficient (Wildman–Crippen LogP) is -0.791. The Kier molecular flexibility index (Phi) is 3.50. The summed E-state index contributed by atoms with van der Waals surface area (Å²) in [4.78, 5) is 11.0. The number of carbonyl (C=O) groups excluding carboxylic acids is 1. The van der Waals surface area contributed by atoms with E-state index in [1.165, 1.54) is 17.9 Å². The zero-order valence-electron chi connectivity index (χ0n) is 8.89. The van der Waals surface area contributed by atoms with Crippen LogP contribution < -0.4 is 15.8 Å². The maximum Gasteiger partial charge on any atom is 0.320 e. The van der Waals surface area contributed by atoms with Gasteiger partial charge < -0.3 is 5.32 Å². The molecule has 90 valence electrons. The first-order chi connectivity index (χ1) is 7.34. The molecule has 0 bridgehead atoms. The van der Waals surface area contributed by atoms with Crippen molar-refractivity contribution in [1.29, 1.82) is 0 Å². The third kappa shape index (κ3) is 2.94. The van der Waals surface area contributed by atoms with Gasteiger partial charge in [-0.3, -0.25) is 10.00 Å². The lowest BCUT2D eigenvalue weighted by Crippen LogP contribution is -2.29. The van der Waals surface area contributed by atoms with Crippen LogP contribution in [0, 0.1) is 0 Å². The summed E-state index contributed by atoms with van der Waals surface area (Å²) < 4.78 is 23.6. The van der Waals surface area contributed by atoms with Crippen LogP contribution in [-0.4, -0.2) is 30.8 Å². The van der Waals surface area contributed by atoms with Crippen molar-refractivity contribution in [3.8, 4) is 0 Å². The molecule has 1 rings (SSSR count). The van der Waals surface area contributed by atoms with Crippen LogP contribution in [0.2, 0.25) is 0 Å². The fourth-order valence-corrected chi connectivity index (χ4v) is 1.73. The van der Waals surface area contributed by atoms with Crippen LogP contribution >= 0.6 is 0 Å². The van der Waals surface area contributed by atoms with Crippen molar-refractivity contribution >= 4 is 21.9 Å². The Balaban J connectivity index is 3.01. The van der Waals surface area contributed by atoms with Crippen LogP contribution in [0.15, 0.2) is 11.1 Å². The molecule has 0 atom stereocenters. The predicted molar refractivity (Wildman–Crippen MR) is 57.3 cm³/mol. The van der Waals surface area contributed by atoms with Gasteiger partial charge in [-0.25, -0.2) is 18.4 Å². The van der Waals surface area contributed by atoms with E-state index in [0.29, 0.717) is 6.54 Å². The van der Waals surface area contributed by atoms with Crippen molar-refractivity contribution < 1.29 is 13.2 Å². The summed E-state index contributed by atoms with van der Waals surface area (Å²) in [5, 5.41) is 13.5. The monoisotopic (exact) mass is 247 g/mol. The van der Waals surface area contributed by atoms with E-state index in [-0.39, 0.29) is 10.7 Å². The highest BCUT2D eigenvalue weighted by atomic mass is 32.2. The maximum atomic E-state index is 11.2. The Hall–Kier alpha value is -1.61. The largest absolute Gasteiger partial charge is 0.338 e. The molecule has 8 nitrogen and oxygen atoms in total. The average Bonchev–Trinajstić information content (AvgIpc) is 2.46. The van der Waals surface area contributed by atoms with Crippen molar-refractivity contribution in [2.24, 2.45) is 12.2 Å². The van der Waals surface area contributed by atoms with Crippen LogP contribution in [-0.2, 0) is 17.1 Å². The Bertz CT molecular complexity index is 492. The summed E-state index contributed by atoms with van der Waals surface area (Å²) in [5.74, 6) is -0.0871. The first-order valence-electron chi connectivity index (χ1n) is 4.46. The SMILES string of the molecule is CCNC(=O)Nc1nn(C)cc1S(N)(=O)=O. The number of carbonyl (C=O) groups is 1. The third-order valence-electron chi connectivity index (χ3n) is 1.67. The fourth-order valence-electron chi connectivity index (χ4n) is 1.07. The smallest absolute Gasteiger partial charge is 0.320 e. The Labute approximate surface area is 92.9 Å². The number of aryl methyl sites for hydroxylation is 1. The number of aromatic nitrogens is 2. The molecule has 0 aliphatic carbocycles. The van der Waals surface area contributed by atoms with Gasteiger partial charge in [0.05, 0.1) is 0 Å². The Morgan fingerprint density at radius 1 is 1.62 bits per heavy atom. The lowest BCUT2D eigenvalue weighted by molar-refractivity contribution is 0.252. The van der Waals surface area contributed by atoms with Gasteiger partial charge in [0, 0.05) is 19.8 Å². The van der Waals surface area contributed by atoms with Crippen LogP contribution in [0.25, 0.3) is 0 Å². The van der Waals surface area contributed by atoms with Gasteiger partial charge in [0.1, 0.15) is 4.90 Å². The number of anilines is 1. The van der Waals surface area contributed by atoms with Crippen LogP contribution in [0.4, 0.5) is 10.6 Å². The van der Waals surface area contributed by atoms with Crippen LogP contribution in [0.3, 0.4) is 0 Å². The van der Waals surface area contributed by atoms with E-state index in [4.69, 9.17) is 5.14 Å². The van der Waals surface area contributed by atoms with Crippen LogP contribution in [0.5, 0.6) is 0 Å². The van der Waals surface area contributed by atoms with Crippen molar-refractivity contribution in [1.82, 2.24) is 15.1 Å². The lowest BCUT2D eigenvalue weighted by Gasteiger charge is -2.03. The van der Waals surface area contributed by atoms with Gasteiger partial charge in [-0.15, -0.1) is 0 Å². The van der Waals surface area contributed by atoms with E-state index in [1.54, 1.807) is 6.92 Å². The molecule has 0 spiro atoms. The minimum Gasteiger partial charge on any atom is -0.338 e. The Morgan fingerprint density at radius 2 is 2.25 bits per heavy atom. The summed E-state index contributed by atoms with van der Waals surface area (Å²) in [6, 6.07) is -0.536. The number of nitrogens with two attached hydrogens (primary N) is 1. The average molecular weight is 247 g/mol. The second-order valence-electron chi connectivity index (χ2n) is 3.05. The normalized spacial score (nSPS) is 11.2. The molecule has 1 aromatic heterocycles. The Morgan fingerprint density at radius 3 is 2.75 bits per heavy atom. The van der Waals surface area contributed by atoms with E-state index < -0.39 is 16.1 Å². The number of hydrogen-bond donors (Lipinski definition) is 3. The number of nitrogens with one attached hydrogen (secondary N) is 2. The molecule has 1 heterocycles. The van der Waals surface area contributed by atoms with E-state index in [0.717, 1.165) is 0 Å². The van der Waals surface area contributed by atoms with E-state index >= 15 is 0 Å². The van der Waals surface area contributed by atoms with Crippen LogP contribution in [0.1, 0.15) is 6.92 Å². The molecule has 0 aliphatic heterocycles. The molecule has 9 heteroatoms. The summed E-state index contributed by atoms with van der Waals surface area (Å²) in [7, 11) is -2.37. The summed E-state index contributed by atoms with van der Waals surface area (Å²) in [6.45, 7) is 2.15. The molecule has 0 saturated carbocycles. The van der Waals surface area contributed by atoms with Gasteiger partial charge in [-0.05, 0) is 6.92 Å². The molecule has 1 aromatic rings. The molecule has 16 heavy (non-hydrogen) atoms. The van der Waals surface area contributed by atoms with Crippen molar-refractivity contribution in [3.63, 3.8) is 0 Å². The lowest BCUT2D eigenvalue weighted by atomic mass is 10.6. The number of sulfonamides is 1. The van der Waals surface area contributed by atoms with Crippen molar-refractivity contribution in [2.75, 3.05) is 11.9 Å². The van der Waals surface area contributed by atoms with Gasteiger partial charge >= 0.3 is 6.03 Å². The van der Waals surface area contributed by atoms with E-state index in [9.17, 15) is 13.2 Å². The first-order valence-corrected chi connectivity index (χ1v) is 6.00. The minimum atomic E-state index is -3.90. The third-order valence-corrected chi connectivity index (χ3v) is 2.58. The molecule has 0 fully saturated rings. The van der Waals surface area contributed by atoms with E-state index in [2.05, 4.69) is 15.7 Å². The van der Waals surface area contributed by atoms with Crippen molar-refractivity contribution in [2.45, 2.75) is 11.8 Å². The minimum absolute atomic E-state index is 0.0871. The molecular weight excluding hydrogens is 234 g/mol. The number of hydrogen-bond acceptors (Lipinski definition) is 4. The maximum absolute atomic E-state index is 11.2. The second-order valence-corrected chi connectivity index (χ2v) is 4.57. The fraction of sp³-hybridized carbons (Fsp3) is 0.429. The molecule has 0 aromatic carbocycles. The number of amides is 2. The molecule has 0 saturated heterocycles. The summed E-state index contributed by atoms with van der Waals surface area (Å²) >= 11 is 0. The molecular formula is C7H13N5O3S. The van der Waals surface area contributed by atoms with Gasteiger partial charge in [0.2, 0.25) is 10.0 Å². The number of primary sulfonamides is 1. The van der Waals surface area contributed by atoms with E-state index in [1.807, 2.05) is 0 Å². The number of nitrogens with zero attached hydrogens (tertiary/aromatic N) is 2. The molecule has 0 unspecified atom stereocenters. The topological polar surface area (TPSA) is 119 Å². The van der Waals surface area contributed by atoms with Crippen molar-refractivity contribution in [3.05, 3.63) is 6.20 Å². The standard InChI is InChI=1S/C7H13N5O3S/c1-3-9-7(13)10-6-5(16(8,14)15)4-12(2)11-6/h4H,3H2,1-2H3,(H2,8,14,15)(H2,9,10,11,13). The number of urea groups is 1. The van der Waals surface area contributed by atoms with Gasteiger partial charge in [-0.1, -0.05) is 0 Å². The molecule has 0 radical (unpaired) electrons. The van der Waals surface area contributed by atoms with Gasteiger partial charge in [0.15, 0.2) is 5.82 Å². The zero-order chi connectivity index (χ0) is 12.3. The first kappa shape index (κ1) is 12.5. The second kappa shape index (κ2) is 4.49. The summed E-state index contributed by atoms with van der Waals surface area (Å²) in [5.41, 5.74) is 0. The zero-order valence-corrected chi connectivity index (χ0v) is 9.71. The molecule has 0 aliphatic rings. The van der Waals surface area contributed by atoms with Gasteiger partial charge in [-0.2, -0.15) is 5.10 Å². The highest BCUT2D eigenvalue weighted by Crippen LogP contribution is 2.16. The molecule has 2 amide bonds. The highest BCUT2D eigenvalue weighted by Gasteiger charge is 2.19. The number of rotatable bonds is 3. The molecule has 4 N–H and O–H groups in total.